The van der Waals surface area contributed by atoms with Gasteiger partial charge in [-0.15, -0.1) is 0 Å². The summed E-state index contributed by atoms with van der Waals surface area (Å²) in [6, 6.07) is 109. The molecule has 0 spiro atoms. The van der Waals surface area contributed by atoms with E-state index < -0.39 is 91.3 Å². The quantitative estimate of drug-likeness (QED) is 0.0361. The van der Waals surface area contributed by atoms with E-state index in [0.29, 0.717) is 6.61 Å². The third kappa shape index (κ3) is 23.4. The summed E-state index contributed by atoms with van der Waals surface area (Å²) in [5.41, 5.74) is 9.86. The fourth-order valence-corrected chi connectivity index (χ4v) is 15.1. The van der Waals surface area contributed by atoms with Gasteiger partial charge in [0.25, 0.3) is 0 Å². The predicted molar refractivity (Wildman–Crippen MR) is 426 cm³/mol. The highest BCUT2D eigenvalue weighted by Crippen LogP contribution is 2.43. The predicted octanol–water partition coefficient (Wildman–Crippen LogP) is 17.8. The number of ether oxygens (including phenoxy) is 15. The minimum Gasteiger partial charge on any atom is -0.374 e. The first kappa shape index (κ1) is 78.8. The van der Waals surface area contributed by atoms with Crippen LogP contribution in [0.4, 0.5) is 0 Å². The van der Waals surface area contributed by atoms with Crippen molar-refractivity contribution >= 4 is 11.8 Å². The molecule has 3 aliphatic heterocycles. The third-order valence-electron chi connectivity index (χ3n) is 19.8. The van der Waals surface area contributed by atoms with E-state index >= 15 is 0 Å². The molecule has 0 unspecified atom stereocenters. The standard InChI is InChI=1S/C95H98O15S/c1-69-52-54-80(55-53-69)111-95-92(105-65-79-50-30-11-31-51-79)89(86(101-61-75-42-22-7-23-43-75)83(108-95)68-98-58-72-36-16-4-17-37-72)109-94-91(88(103-63-77-46-26-9-27-47-77)85(100-60-74-40-20-6-21-41-74)82(107-94)67-97-57-71-34-14-3-15-35-71)110-93-90(104-64-78-48-28-10-29-49-78)87(102-62-76-44-24-8-25-45-76)84(99-59-73-38-18-5-19-39-73)81(106-93)66-96-56-70-32-12-2-13-33-70/h2-55,81-95H,56-68H2,1H3/t81-,82-,83-,84-,85-,86-,87+,88+,89+,90-,91-,92-,93-,94-,95+/m1/s1. The summed E-state index contributed by atoms with van der Waals surface area (Å²) in [5.74, 6) is 0. The van der Waals surface area contributed by atoms with Crippen LogP contribution in [-0.4, -0.2) is 111 Å². The summed E-state index contributed by atoms with van der Waals surface area (Å²) in [6.07, 6.45) is -14.0. The molecule has 15 nitrogen and oxygen atoms in total. The molecule has 3 fully saturated rings. The summed E-state index contributed by atoms with van der Waals surface area (Å²) in [4.78, 5) is 0.956. The van der Waals surface area contributed by atoms with Gasteiger partial charge in [0, 0.05) is 4.90 Å². The zero-order valence-electron chi connectivity index (χ0n) is 62.6. The molecule has 15 atom stereocenters. The third-order valence-corrected chi connectivity index (χ3v) is 21.0. The zero-order valence-corrected chi connectivity index (χ0v) is 63.4. The van der Waals surface area contributed by atoms with Crippen molar-refractivity contribution in [3.05, 3.63) is 389 Å². The Morgan fingerprint density at radius 1 is 0.225 bits per heavy atom. The molecule has 111 heavy (non-hydrogen) atoms. The molecule has 0 aromatic heterocycles. The van der Waals surface area contributed by atoms with Crippen molar-refractivity contribution in [3.8, 4) is 0 Å². The largest absolute Gasteiger partial charge is 0.374 e. The Morgan fingerprint density at radius 3 is 0.775 bits per heavy atom. The maximum Gasteiger partial charge on any atom is 0.187 e. The van der Waals surface area contributed by atoms with Crippen molar-refractivity contribution in [2.75, 3.05) is 19.8 Å². The van der Waals surface area contributed by atoms with E-state index in [9.17, 15) is 0 Å². The van der Waals surface area contributed by atoms with Crippen LogP contribution in [0, 0.1) is 6.92 Å². The van der Waals surface area contributed by atoms with Gasteiger partial charge in [-0.3, -0.25) is 0 Å². The molecule has 3 aliphatic rings. The second-order valence-corrected chi connectivity index (χ2v) is 29.3. The Morgan fingerprint density at radius 2 is 0.459 bits per heavy atom. The zero-order chi connectivity index (χ0) is 75.3. The van der Waals surface area contributed by atoms with Gasteiger partial charge in [-0.05, 0) is 74.7 Å². The molecule has 0 radical (unpaired) electrons. The van der Waals surface area contributed by atoms with E-state index in [-0.39, 0.29) is 79.3 Å². The number of rotatable bonds is 39. The molecule has 11 aromatic carbocycles. The lowest BCUT2D eigenvalue weighted by atomic mass is 9.95. The van der Waals surface area contributed by atoms with Crippen LogP contribution in [-0.2, 0) is 137 Å². The lowest BCUT2D eigenvalue weighted by Gasteiger charge is -2.52. The minimum atomic E-state index is -1.39. The van der Waals surface area contributed by atoms with E-state index in [1.165, 1.54) is 0 Å². The maximum atomic E-state index is 8.19. The summed E-state index contributed by atoms with van der Waals surface area (Å²) in [7, 11) is 0. The van der Waals surface area contributed by atoms with Crippen LogP contribution in [0.3, 0.4) is 0 Å². The molecule has 11 aromatic rings. The first-order valence-corrected chi connectivity index (χ1v) is 39.3. The van der Waals surface area contributed by atoms with E-state index in [2.05, 4.69) is 55.5 Å². The van der Waals surface area contributed by atoms with Gasteiger partial charge in [-0.1, -0.05) is 333 Å². The first-order chi connectivity index (χ1) is 54.9. The smallest absolute Gasteiger partial charge is 0.187 e. The normalized spacial score (nSPS) is 23.9. The van der Waals surface area contributed by atoms with Crippen molar-refractivity contribution in [2.24, 2.45) is 0 Å². The molecule has 0 saturated carbocycles. The van der Waals surface area contributed by atoms with Crippen LogP contribution in [0.15, 0.2) is 332 Å². The number of hydrogen-bond donors (Lipinski definition) is 0. The van der Waals surface area contributed by atoms with Gasteiger partial charge in [-0.25, -0.2) is 0 Å². The van der Waals surface area contributed by atoms with Crippen LogP contribution < -0.4 is 0 Å². The fraction of sp³-hybridized carbons (Fsp3) is 0.305. The second-order valence-electron chi connectivity index (χ2n) is 28.1. The van der Waals surface area contributed by atoms with Crippen molar-refractivity contribution in [1.82, 2.24) is 0 Å². The SMILES string of the molecule is Cc1ccc(S[C@@H]2O[C@H](COCc3ccccc3)[C@@H](OCc3ccccc3)[C@H](O[C@H]3O[C@H](COCc4ccccc4)[C@@H](OCc4ccccc4)[C@H](OCc4ccccc4)[C@H]3O[C@H]3O[C@H](COCc4ccccc4)[C@@H](OCc4ccccc4)[C@H](OCc4ccccc4)[C@H]3OCc3ccccc3)[C@H]2OCc2ccccc2)cc1. The van der Waals surface area contributed by atoms with Crippen LogP contribution >= 0.6 is 11.8 Å². The molecule has 574 valence electrons. The molecular formula is C95H98O15S. The molecule has 0 N–H and O–H groups in total. The van der Waals surface area contributed by atoms with Crippen molar-refractivity contribution in [1.29, 1.82) is 0 Å². The molecule has 14 rings (SSSR count). The summed E-state index contributed by atoms with van der Waals surface area (Å²) < 4.78 is 112. The highest BCUT2D eigenvalue weighted by Gasteiger charge is 2.58. The topological polar surface area (TPSA) is 138 Å². The van der Waals surface area contributed by atoms with E-state index in [4.69, 9.17) is 71.1 Å². The lowest BCUT2D eigenvalue weighted by molar-refractivity contribution is -0.396. The average Bonchev–Trinajstić information content (AvgIpc) is 0.750. The molecule has 16 heteroatoms. The molecule has 0 bridgehead atoms. The maximum absolute atomic E-state index is 8.19. The van der Waals surface area contributed by atoms with E-state index in [0.717, 1.165) is 66.1 Å². The van der Waals surface area contributed by atoms with Crippen LogP contribution in [0.2, 0.25) is 0 Å². The lowest BCUT2D eigenvalue weighted by Crippen LogP contribution is -2.68. The molecular weight excluding hydrogens is 1410 g/mol. The Balaban J connectivity index is 0.938. The van der Waals surface area contributed by atoms with Crippen LogP contribution in [0.25, 0.3) is 0 Å². The summed E-state index contributed by atoms with van der Waals surface area (Å²) in [6.45, 7) is 4.30. The van der Waals surface area contributed by atoms with Crippen molar-refractivity contribution in [2.45, 2.75) is 169 Å². The average molecular weight is 1510 g/mol. The second kappa shape index (κ2) is 42.2. The number of thioether (sulfide) groups is 1. The van der Waals surface area contributed by atoms with Gasteiger partial charge < -0.3 is 71.1 Å². The highest BCUT2D eigenvalue weighted by atomic mass is 32.2. The van der Waals surface area contributed by atoms with E-state index in [1.54, 1.807) is 11.8 Å². The first-order valence-electron chi connectivity index (χ1n) is 38.4. The molecule has 3 heterocycles. The van der Waals surface area contributed by atoms with Gasteiger partial charge >= 0.3 is 0 Å². The van der Waals surface area contributed by atoms with Crippen molar-refractivity contribution < 1.29 is 71.1 Å². The Labute approximate surface area is 656 Å². The van der Waals surface area contributed by atoms with Gasteiger partial charge in [0.15, 0.2) is 12.6 Å². The monoisotopic (exact) mass is 1510 g/mol. The van der Waals surface area contributed by atoms with Crippen LogP contribution in [0.1, 0.15) is 61.2 Å². The Hall–Kier alpha value is -8.83. The van der Waals surface area contributed by atoms with Crippen molar-refractivity contribution in [3.63, 3.8) is 0 Å². The Kier molecular flexibility index (Phi) is 29.9. The van der Waals surface area contributed by atoms with Gasteiger partial charge in [-0.2, -0.15) is 0 Å². The number of benzene rings is 11. The summed E-state index contributed by atoms with van der Waals surface area (Å²) in [5, 5.41) is 0. The highest BCUT2D eigenvalue weighted by molar-refractivity contribution is 7.99. The minimum absolute atomic E-state index is 0.0308. The number of aryl methyl sites for hydroxylation is 1. The van der Waals surface area contributed by atoms with Crippen LogP contribution in [0.5, 0.6) is 0 Å². The van der Waals surface area contributed by atoms with Gasteiger partial charge in [0.2, 0.25) is 0 Å². The fourth-order valence-electron chi connectivity index (χ4n) is 14.0. The summed E-state index contributed by atoms with van der Waals surface area (Å²) >= 11 is 1.55. The molecule has 3 saturated heterocycles. The molecule has 0 amide bonds. The molecule has 0 aliphatic carbocycles. The Bertz CT molecular complexity index is 4370. The van der Waals surface area contributed by atoms with Gasteiger partial charge in [0.05, 0.1) is 85.9 Å². The number of hydrogen-bond acceptors (Lipinski definition) is 16. The van der Waals surface area contributed by atoms with Gasteiger partial charge in [0.1, 0.15) is 78.7 Å². The van der Waals surface area contributed by atoms with E-state index in [1.807, 2.05) is 279 Å².